The average Bonchev–Trinajstić information content (AvgIpc) is 2.32. The predicted octanol–water partition coefficient (Wildman–Crippen LogP) is 2.26. The molecule has 1 aromatic carbocycles. The molecule has 0 spiro atoms. The minimum Gasteiger partial charge on any atom is -0.349 e. The van der Waals surface area contributed by atoms with E-state index in [9.17, 15) is 16.8 Å². The fourth-order valence-electron chi connectivity index (χ4n) is 3.04. The molecule has 1 aliphatic heterocycles. The highest BCUT2D eigenvalue weighted by atomic mass is 35.5. The van der Waals surface area contributed by atoms with Crippen molar-refractivity contribution in [2.75, 3.05) is 4.90 Å². The third-order valence-electron chi connectivity index (χ3n) is 3.89. The van der Waals surface area contributed by atoms with Crippen molar-refractivity contribution < 1.29 is 16.8 Å². The average molecular weight is 410 g/mol. The quantitative estimate of drug-likeness (QED) is 0.795. The second kappa shape index (κ2) is 6.38. The molecule has 0 aromatic heterocycles. The minimum absolute atomic E-state index is 0.101. The molecule has 0 fully saturated rings. The highest BCUT2D eigenvalue weighted by Crippen LogP contribution is 2.41. The van der Waals surface area contributed by atoms with Gasteiger partial charge in [0, 0.05) is 5.54 Å². The molecule has 0 amide bonds. The topological polar surface area (TPSA) is 110 Å². The van der Waals surface area contributed by atoms with Crippen LogP contribution in [0.15, 0.2) is 21.9 Å². The zero-order valence-electron chi connectivity index (χ0n) is 14.9. The van der Waals surface area contributed by atoms with Crippen LogP contribution in [0.4, 0.5) is 5.69 Å². The third-order valence-corrected chi connectivity index (χ3v) is 6.75. The SMILES string of the molecule is CC(C)CC1NS(=O)(=O)c2cc(S(N)(=O)=O)c(Cl)cc2N1C(C)(C)C. The van der Waals surface area contributed by atoms with Gasteiger partial charge in [0.2, 0.25) is 20.0 Å². The standard InChI is InChI=1S/C15H24ClN3O4S2/c1-9(2)6-14-18-25(22,23)13-8-12(24(17,20)21)10(16)7-11(13)19(14)15(3,4)5/h7-9,14,18H,6H2,1-5H3,(H2,17,20,21). The Balaban J connectivity index is 2.80. The zero-order valence-corrected chi connectivity index (χ0v) is 17.3. The predicted molar refractivity (Wildman–Crippen MR) is 98.6 cm³/mol. The molecule has 1 atom stereocenters. The van der Waals surface area contributed by atoms with Crippen molar-refractivity contribution in [3.63, 3.8) is 0 Å². The highest BCUT2D eigenvalue weighted by Gasteiger charge is 2.41. The van der Waals surface area contributed by atoms with Crippen molar-refractivity contribution in [1.29, 1.82) is 0 Å². The molecule has 0 radical (unpaired) electrons. The van der Waals surface area contributed by atoms with E-state index < -0.39 is 36.6 Å². The van der Waals surface area contributed by atoms with Gasteiger partial charge in [0.1, 0.15) is 9.79 Å². The summed E-state index contributed by atoms with van der Waals surface area (Å²) < 4.78 is 51.5. The van der Waals surface area contributed by atoms with Gasteiger partial charge in [-0.15, -0.1) is 0 Å². The Bertz CT molecular complexity index is 890. The second-order valence-corrected chi connectivity index (χ2v) is 11.2. The number of benzene rings is 1. The molecule has 142 valence electrons. The van der Waals surface area contributed by atoms with E-state index in [1.54, 1.807) is 0 Å². The smallest absolute Gasteiger partial charge is 0.244 e. The first-order chi connectivity index (χ1) is 11.1. The number of halogens is 1. The van der Waals surface area contributed by atoms with Crippen molar-refractivity contribution in [3.8, 4) is 0 Å². The number of primary sulfonamides is 1. The molecular weight excluding hydrogens is 386 g/mol. The van der Waals surface area contributed by atoms with Crippen LogP contribution in [0, 0.1) is 5.92 Å². The second-order valence-electron chi connectivity index (χ2n) is 7.60. The van der Waals surface area contributed by atoms with E-state index in [4.69, 9.17) is 16.7 Å². The molecular formula is C15H24ClN3O4S2. The van der Waals surface area contributed by atoms with Crippen molar-refractivity contribution in [3.05, 3.63) is 17.2 Å². The van der Waals surface area contributed by atoms with Crippen LogP contribution in [-0.4, -0.2) is 28.5 Å². The number of nitrogens with two attached hydrogens (primary N) is 1. The van der Waals surface area contributed by atoms with Gasteiger partial charge in [-0.3, -0.25) is 0 Å². The zero-order chi connectivity index (χ0) is 19.4. The molecule has 0 aliphatic carbocycles. The summed E-state index contributed by atoms with van der Waals surface area (Å²) in [6, 6.07) is 2.40. The summed E-state index contributed by atoms with van der Waals surface area (Å²) in [7, 11) is -8.05. The van der Waals surface area contributed by atoms with Gasteiger partial charge in [-0.1, -0.05) is 25.4 Å². The summed E-state index contributed by atoms with van der Waals surface area (Å²) >= 11 is 6.11. The molecule has 1 aliphatic rings. The normalized spacial score (nSPS) is 20.6. The summed E-state index contributed by atoms with van der Waals surface area (Å²) in [6.45, 7) is 9.85. The molecule has 1 aromatic rings. The first-order valence-corrected chi connectivity index (χ1v) is 11.2. The van der Waals surface area contributed by atoms with Gasteiger partial charge in [-0.25, -0.2) is 22.0 Å². The Morgan fingerprint density at radius 2 is 1.88 bits per heavy atom. The van der Waals surface area contributed by atoms with E-state index in [0.717, 1.165) is 6.07 Å². The van der Waals surface area contributed by atoms with Crippen molar-refractivity contribution in [2.24, 2.45) is 11.1 Å². The van der Waals surface area contributed by atoms with Crippen LogP contribution in [0.5, 0.6) is 0 Å². The van der Waals surface area contributed by atoms with E-state index in [1.807, 2.05) is 39.5 Å². The Morgan fingerprint density at radius 3 is 2.32 bits per heavy atom. The number of nitrogens with one attached hydrogen (secondary N) is 1. The molecule has 1 unspecified atom stereocenters. The highest BCUT2D eigenvalue weighted by molar-refractivity contribution is 7.90. The van der Waals surface area contributed by atoms with Crippen LogP contribution < -0.4 is 14.8 Å². The number of hydrogen-bond donors (Lipinski definition) is 2. The summed E-state index contributed by atoms with van der Waals surface area (Å²) in [4.78, 5) is 1.37. The fraction of sp³-hybridized carbons (Fsp3) is 0.600. The lowest BCUT2D eigenvalue weighted by Crippen LogP contribution is -2.59. The monoisotopic (exact) mass is 409 g/mol. The maximum Gasteiger partial charge on any atom is 0.244 e. The van der Waals surface area contributed by atoms with E-state index in [2.05, 4.69) is 4.72 Å². The van der Waals surface area contributed by atoms with Crippen LogP contribution in [0.3, 0.4) is 0 Å². The van der Waals surface area contributed by atoms with E-state index in [1.165, 1.54) is 6.07 Å². The van der Waals surface area contributed by atoms with Crippen LogP contribution in [0.2, 0.25) is 5.02 Å². The number of fused-ring (bicyclic) bond motifs is 1. The number of nitrogens with zero attached hydrogens (tertiary/aromatic N) is 1. The maximum absolute atomic E-state index is 12.7. The molecule has 7 nitrogen and oxygen atoms in total. The van der Waals surface area contributed by atoms with E-state index in [-0.39, 0.29) is 15.8 Å². The minimum atomic E-state index is -4.15. The maximum atomic E-state index is 12.7. The Hall–Kier alpha value is -0.870. The Kier molecular flexibility index (Phi) is 5.22. The lowest BCUT2D eigenvalue weighted by Gasteiger charge is -2.47. The summed E-state index contributed by atoms with van der Waals surface area (Å²) in [5.41, 5.74) is -0.0572. The molecule has 10 heteroatoms. The van der Waals surface area contributed by atoms with Gasteiger partial charge >= 0.3 is 0 Å². The molecule has 3 N–H and O–H groups in total. The third kappa shape index (κ3) is 4.11. The Morgan fingerprint density at radius 1 is 1.32 bits per heavy atom. The van der Waals surface area contributed by atoms with Crippen molar-refractivity contribution in [1.82, 2.24) is 4.72 Å². The molecule has 0 bridgehead atoms. The van der Waals surface area contributed by atoms with Crippen LogP contribution >= 0.6 is 11.6 Å². The number of sulfonamides is 2. The van der Waals surface area contributed by atoms with Gasteiger partial charge < -0.3 is 4.90 Å². The fourth-order valence-corrected chi connectivity index (χ4v) is 5.60. The van der Waals surface area contributed by atoms with Crippen molar-refractivity contribution >= 4 is 37.3 Å². The molecule has 0 saturated carbocycles. The first-order valence-electron chi connectivity index (χ1n) is 7.82. The summed E-state index contributed by atoms with van der Waals surface area (Å²) in [5, 5.41) is 5.05. The van der Waals surface area contributed by atoms with Crippen LogP contribution in [0.1, 0.15) is 41.0 Å². The number of rotatable bonds is 3. The van der Waals surface area contributed by atoms with Crippen LogP contribution in [0.25, 0.3) is 0 Å². The van der Waals surface area contributed by atoms with Gasteiger partial charge in [0.15, 0.2) is 0 Å². The molecule has 25 heavy (non-hydrogen) atoms. The van der Waals surface area contributed by atoms with Gasteiger partial charge in [0.05, 0.1) is 16.9 Å². The molecule has 1 heterocycles. The van der Waals surface area contributed by atoms with Crippen LogP contribution in [-0.2, 0) is 20.0 Å². The molecule has 2 rings (SSSR count). The summed E-state index contributed by atoms with van der Waals surface area (Å²) in [5.74, 6) is 0.248. The van der Waals surface area contributed by atoms with Gasteiger partial charge in [-0.2, -0.15) is 4.72 Å². The van der Waals surface area contributed by atoms with Gasteiger partial charge in [-0.05, 0) is 45.2 Å². The van der Waals surface area contributed by atoms with E-state index in [0.29, 0.717) is 12.1 Å². The lowest BCUT2D eigenvalue weighted by molar-refractivity contribution is 0.362. The van der Waals surface area contributed by atoms with Gasteiger partial charge in [0.25, 0.3) is 0 Å². The number of hydrogen-bond acceptors (Lipinski definition) is 5. The molecule has 0 saturated heterocycles. The Labute approximate surface area is 154 Å². The van der Waals surface area contributed by atoms with E-state index >= 15 is 0 Å². The number of anilines is 1. The summed E-state index contributed by atoms with van der Waals surface area (Å²) in [6.07, 6.45) is 0.124. The first kappa shape index (κ1) is 20.4. The lowest BCUT2D eigenvalue weighted by atomic mass is 9.99. The largest absolute Gasteiger partial charge is 0.349 e. The van der Waals surface area contributed by atoms with Crippen molar-refractivity contribution in [2.45, 2.75) is 62.5 Å².